The number of amides is 1. The fourth-order valence-electron chi connectivity index (χ4n) is 1.72. The number of hydrogen-bond acceptors (Lipinski definition) is 4. The van der Waals surface area contributed by atoms with Crippen LogP contribution >= 0.6 is 23.7 Å². The van der Waals surface area contributed by atoms with Gasteiger partial charge < -0.3 is 11.1 Å². The summed E-state index contributed by atoms with van der Waals surface area (Å²) in [6, 6.07) is 8.07. The highest BCUT2D eigenvalue weighted by molar-refractivity contribution is 7.09. The zero-order valence-electron chi connectivity index (χ0n) is 11.4. The first kappa shape index (κ1) is 16.6. The van der Waals surface area contributed by atoms with Gasteiger partial charge >= 0.3 is 0 Å². The number of nitrogens with one attached hydrogen (secondary N) is 1. The molecule has 1 atom stereocenters. The Bertz CT molecular complexity index is 568. The first-order chi connectivity index (χ1) is 9.10. The van der Waals surface area contributed by atoms with Crippen LogP contribution in [0.15, 0.2) is 29.6 Å². The third-order valence-corrected chi connectivity index (χ3v) is 3.76. The molecule has 1 heterocycles. The summed E-state index contributed by atoms with van der Waals surface area (Å²) in [6.07, 6.45) is 0. The van der Waals surface area contributed by atoms with Gasteiger partial charge in [0.25, 0.3) is 5.91 Å². The summed E-state index contributed by atoms with van der Waals surface area (Å²) in [5.74, 6) is -0.163. The highest BCUT2D eigenvalue weighted by Gasteiger charge is 2.14. The van der Waals surface area contributed by atoms with Gasteiger partial charge in [-0.25, -0.2) is 4.98 Å². The number of rotatable bonds is 4. The molecule has 0 saturated carbocycles. The summed E-state index contributed by atoms with van der Waals surface area (Å²) in [5, 5.41) is 5.44. The van der Waals surface area contributed by atoms with Crippen LogP contribution in [-0.2, 0) is 6.54 Å². The van der Waals surface area contributed by atoms with Crippen molar-refractivity contribution in [3.63, 3.8) is 0 Å². The summed E-state index contributed by atoms with van der Waals surface area (Å²) in [6.45, 7) is 4.36. The molecular formula is C14H18ClN3OS. The molecule has 1 amide bonds. The second-order valence-corrected chi connectivity index (χ2v) is 5.38. The molecule has 0 spiro atoms. The standard InChI is InChI=1S/C14H17N3OS.ClH/c1-9-3-5-11(6-4-9)10(2)16-14(18)12-8-19-13(7-15)17-12;/h3-6,8,10H,7,15H2,1-2H3,(H,16,18);1H. The molecule has 0 aliphatic rings. The quantitative estimate of drug-likeness (QED) is 0.912. The fraction of sp³-hybridized carbons (Fsp3) is 0.286. The van der Waals surface area contributed by atoms with Gasteiger partial charge in [0.2, 0.25) is 0 Å². The van der Waals surface area contributed by atoms with Crippen molar-refractivity contribution in [2.24, 2.45) is 5.73 Å². The van der Waals surface area contributed by atoms with E-state index < -0.39 is 0 Å². The predicted octanol–water partition coefficient (Wildman–Crippen LogP) is 2.82. The molecule has 1 aromatic carbocycles. The first-order valence-electron chi connectivity index (χ1n) is 6.12. The molecule has 2 aromatic rings. The van der Waals surface area contributed by atoms with Gasteiger partial charge in [0.05, 0.1) is 6.04 Å². The minimum atomic E-state index is -0.163. The molecule has 0 aliphatic heterocycles. The normalized spacial score (nSPS) is 11.6. The van der Waals surface area contributed by atoms with E-state index in [1.165, 1.54) is 16.9 Å². The molecule has 108 valence electrons. The van der Waals surface area contributed by atoms with E-state index in [1.807, 2.05) is 38.1 Å². The lowest BCUT2D eigenvalue weighted by molar-refractivity contribution is 0.0935. The number of halogens is 1. The van der Waals surface area contributed by atoms with E-state index in [1.54, 1.807) is 5.38 Å². The Morgan fingerprint density at radius 2 is 2.05 bits per heavy atom. The number of carbonyl (C=O) groups excluding carboxylic acids is 1. The number of aromatic nitrogens is 1. The summed E-state index contributed by atoms with van der Waals surface area (Å²) < 4.78 is 0. The van der Waals surface area contributed by atoms with Crippen molar-refractivity contribution in [2.75, 3.05) is 0 Å². The largest absolute Gasteiger partial charge is 0.344 e. The maximum absolute atomic E-state index is 12.0. The third kappa shape index (κ3) is 4.03. The average molecular weight is 312 g/mol. The van der Waals surface area contributed by atoms with Crippen LogP contribution in [0.4, 0.5) is 0 Å². The summed E-state index contributed by atoms with van der Waals surface area (Å²) in [7, 11) is 0. The van der Waals surface area contributed by atoms with Crippen LogP contribution in [0.5, 0.6) is 0 Å². The Morgan fingerprint density at radius 3 is 2.60 bits per heavy atom. The molecule has 0 fully saturated rings. The molecule has 0 aliphatic carbocycles. The Morgan fingerprint density at radius 1 is 1.40 bits per heavy atom. The lowest BCUT2D eigenvalue weighted by atomic mass is 10.1. The monoisotopic (exact) mass is 311 g/mol. The van der Waals surface area contributed by atoms with Crippen LogP contribution in [0.25, 0.3) is 0 Å². The molecule has 20 heavy (non-hydrogen) atoms. The van der Waals surface area contributed by atoms with Crippen LogP contribution in [0.1, 0.15) is 39.6 Å². The minimum absolute atomic E-state index is 0. The van der Waals surface area contributed by atoms with E-state index in [0.29, 0.717) is 12.2 Å². The summed E-state index contributed by atoms with van der Waals surface area (Å²) in [4.78, 5) is 16.2. The van der Waals surface area contributed by atoms with Crippen molar-refractivity contribution in [3.05, 3.63) is 51.5 Å². The van der Waals surface area contributed by atoms with Gasteiger partial charge in [0.15, 0.2) is 0 Å². The zero-order chi connectivity index (χ0) is 13.8. The highest BCUT2D eigenvalue weighted by Crippen LogP contribution is 2.15. The minimum Gasteiger partial charge on any atom is -0.344 e. The predicted molar refractivity (Wildman–Crippen MR) is 84.3 cm³/mol. The molecular weight excluding hydrogens is 294 g/mol. The maximum atomic E-state index is 12.0. The number of benzene rings is 1. The molecule has 3 N–H and O–H groups in total. The van der Waals surface area contributed by atoms with Crippen molar-refractivity contribution in [1.82, 2.24) is 10.3 Å². The molecule has 2 rings (SSSR count). The van der Waals surface area contributed by atoms with Crippen LogP contribution < -0.4 is 11.1 Å². The number of nitrogens with zero attached hydrogens (tertiary/aromatic N) is 1. The number of thiazole rings is 1. The van der Waals surface area contributed by atoms with Crippen LogP contribution in [0.3, 0.4) is 0 Å². The fourth-order valence-corrected chi connectivity index (χ4v) is 2.37. The highest BCUT2D eigenvalue weighted by atomic mass is 35.5. The second kappa shape index (κ2) is 7.38. The molecule has 1 unspecified atom stereocenters. The smallest absolute Gasteiger partial charge is 0.271 e. The Hall–Kier alpha value is -1.43. The van der Waals surface area contributed by atoms with Crippen molar-refractivity contribution in [2.45, 2.75) is 26.4 Å². The Kier molecular flexibility index (Phi) is 6.13. The van der Waals surface area contributed by atoms with Gasteiger partial charge in [-0.3, -0.25) is 4.79 Å². The van der Waals surface area contributed by atoms with E-state index in [9.17, 15) is 4.79 Å². The van der Waals surface area contributed by atoms with Crippen molar-refractivity contribution < 1.29 is 4.79 Å². The van der Waals surface area contributed by atoms with Gasteiger partial charge in [0.1, 0.15) is 10.7 Å². The van der Waals surface area contributed by atoms with E-state index >= 15 is 0 Å². The zero-order valence-corrected chi connectivity index (χ0v) is 13.1. The first-order valence-corrected chi connectivity index (χ1v) is 7.00. The Labute approximate surface area is 128 Å². The molecule has 1 aromatic heterocycles. The lowest BCUT2D eigenvalue weighted by Gasteiger charge is -2.13. The average Bonchev–Trinajstić information content (AvgIpc) is 2.88. The van der Waals surface area contributed by atoms with E-state index in [4.69, 9.17) is 5.73 Å². The molecule has 4 nitrogen and oxygen atoms in total. The topological polar surface area (TPSA) is 68.0 Å². The van der Waals surface area contributed by atoms with E-state index in [-0.39, 0.29) is 24.4 Å². The van der Waals surface area contributed by atoms with Crippen LogP contribution in [0.2, 0.25) is 0 Å². The molecule has 0 saturated heterocycles. The number of aryl methyl sites for hydroxylation is 1. The lowest BCUT2D eigenvalue weighted by Crippen LogP contribution is -2.27. The van der Waals surface area contributed by atoms with Gasteiger partial charge in [-0.05, 0) is 19.4 Å². The third-order valence-electron chi connectivity index (χ3n) is 2.88. The number of hydrogen-bond donors (Lipinski definition) is 2. The SMILES string of the molecule is Cc1ccc(C(C)NC(=O)c2csc(CN)n2)cc1.Cl. The van der Waals surface area contributed by atoms with E-state index in [0.717, 1.165) is 10.6 Å². The Balaban J connectivity index is 0.00000200. The van der Waals surface area contributed by atoms with Gasteiger partial charge in [-0.2, -0.15) is 0 Å². The van der Waals surface area contributed by atoms with Crippen molar-refractivity contribution in [1.29, 1.82) is 0 Å². The molecule has 0 bridgehead atoms. The number of carbonyl (C=O) groups is 1. The van der Waals surface area contributed by atoms with Crippen LogP contribution in [0, 0.1) is 6.92 Å². The molecule has 6 heteroatoms. The van der Waals surface area contributed by atoms with E-state index in [2.05, 4.69) is 10.3 Å². The second-order valence-electron chi connectivity index (χ2n) is 4.44. The summed E-state index contributed by atoms with van der Waals surface area (Å²) >= 11 is 1.41. The molecule has 0 radical (unpaired) electrons. The van der Waals surface area contributed by atoms with Gasteiger partial charge in [0, 0.05) is 11.9 Å². The number of nitrogens with two attached hydrogens (primary N) is 1. The van der Waals surface area contributed by atoms with Crippen molar-refractivity contribution >= 4 is 29.7 Å². The van der Waals surface area contributed by atoms with Crippen LogP contribution in [-0.4, -0.2) is 10.9 Å². The summed E-state index contributed by atoms with van der Waals surface area (Å²) in [5.41, 5.74) is 8.20. The maximum Gasteiger partial charge on any atom is 0.271 e. The van der Waals surface area contributed by atoms with Gasteiger partial charge in [-0.15, -0.1) is 23.7 Å². The van der Waals surface area contributed by atoms with Gasteiger partial charge in [-0.1, -0.05) is 29.8 Å². The van der Waals surface area contributed by atoms with Crippen molar-refractivity contribution in [3.8, 4) is 0 Å².